The van der Waals surface area contributed by atoms with Crippen LogP contribution >= 0.6 is 0 Å². The Morgan fingerprint density at radius 2 is 1.96 bits per heavy atom. The van der Waals surface area contributed by atoms with E-state index in [1.165, 1.54) is 19.4 Å². The fourth-order valence-electron chi connectivity index (χ4n) is 2.14. The van der Waals surface area contributed by atoms with Gasteiger partial charge in [0.25, 0.3) is 0 Å². The minimum atomic E-state index is -1.11. The normalized spacial score (nSPS) is 11.7. The molecule has 24 heavy (non-hydrogen) atoms. The van der Waals surface area contributed by atoms with E-state index in [1.54, 1.807) is 0 Å². The van der Waals surface area contributed by atoms with E-state index in [1.807, 2.05) is 30.3 Å². The van der Waals surface area contributed by atoms with Crippen molar-refractivity contribution in [2.75, 3.05) is 13.7 Å². The van der Waals surface area contributed by atoms with Gasteiger partial charge in [0.05, 0.1) is 25.2 Å². The molecule has 0 amide bonds. The van der Waals surface area contributed by atoms with Gasteiger partial charge in [-0.15, -0.1) is 0 Å². The quantitative estimate of drug-likeness (QED) is 0.434. The van der Waals surface area contributed by atoms with Crippen LogP contribution in [-0.4, -0.2) is 29.2 Å². The molecule has 2 aromatic rings. The number of ether oxygens (including phenoxy) is 2. The van der Waals surface area contributed by atoms with Crippen LogP contribution in [0.2, 0.25) is 0 Å². The number of hydrogen-bond donors (Lipinski definition) is 0. The summed E-state index contributed by atoms with van der Waals surface area (Å²) in [6, 6.07) is 10.6. The van der Waals surface area contributed by atoms with Crippen molar-refractivity contribution in [1.29, 1.82) is 0 Å². The molecule has 0 fully saturated rings. The average molecular weight is 332 g/mol. The number of methoxy groups -OCH3 is 1. The molecule has 2 rings (SSSR count). The van der Waals surface area contributed by atoms with Gasteiger partial charge in [-0.1, -0.05) is 30.3 Å². The fourth-order valence-corrected chi connectivity index (χ4v) is 2.14. The Kier molecular flexibility index (Phi) is 5.80. The second-order valence-corrected chi connectivity index (χ2v) is 4.90. The summed E-state index contributed by atoms with van der Waals surface area (Å²) in [7, 11) is 1.18. The lowest BCUT2D eigenvalue weighted by Gasteiger charge is -2.17. The van der Waals surface area contributed by atoms with Crippen LogP contribution in [0.15, 0.2) is 53.5 Å². The summed E-state index contributed by atoms with van der Waals surface area (Å²) in [6.07, 6.45) is 1.29. The maximum atomic E-state index is 12.2. The lowest BCUT2D eigenvalue weighted by Crippen LogP contribution is -2.34. The predicted octanol–water partition coefficient (Wildman–Crippen LogP) is 1.69. The van der Waals surface area contributed by atoms with Gasteiger partial charge in [0.15, 0.2) is 6.04 Å². The van der Waals surface area contributed by atoms with Crippen molar-refractivity contribution in [2.45, 2.75) is 12.6 Å². The van der Waals surface area contributed by atoms with E-state index in [-0.39, 0.29) is 13.2 Å². The van der Waals surface area contributed by atoms with Crippen LogP contribution in [0, 0.1) is 10.1 Å². The zero-order valence-corrected chi connectivity index (χ0v) is 13.0. The third-order valence-corrected chi connectivity index (χ3v) is 3.35. The molecule has 126 valence electrons. The zero-order chi connectivity index (χ0) is 17.5. The Hall–Kier alpha value is -3.00. The maximum Gasteiger partial charge on any atom is 0.334 e. The smallest absolute Gasteiger partial charge is 0.334 e. The number of nitro groups is 1. The number of aromatic nitrogens is 1. The number of carbonyl (C=O) groups is 1. The third-order valence-electron chi connectivity index (χ3n) is 3.35. The van der Waals surface area contributed by atoms with Crippen LogP contribution in [0.4, 0.5) is 5.69 Å². The molecule has 8 heteroatoms. The molecule has 0 radical (unpaired) electrons. The second kappa shape index (κ2) is 8.02. The van der Waals surface area contributed by atoms with Gasteiger partial charge in [-0.05, 0) is 11.6 Å². The van der Waals surface area contributed by atoms with E-state index in [0.717, 1.165) is 16.2 Å². The van der Waals surface area contributed by atoms with Crippen molar-refractivity contribution < 1.29 is 19.2 Å². The molecule has 1 atom stereocenters. The Morgan fingerprint density at radius 3 is 2.58 bits per heavy atom. The van der Waals surface area contributed by atoms with Gasteiger partial charge in [0.1, 0.15) is 0 Å². The summed E-state index contributed by atoms with van der Waals surface area (Å²) in [6.45, 7) is 0.0840. The molecular formula is C16H16N2O6. The highest BCUT2D eigenvalue weighted by atomic mass is 16.6. The van der Waals surface area contributed by atoms with Crippen LogP contribution in [0.3, 0.4) is 0 Å². The maximum absolute atomic E-state index is 12.2. The first-order valence-electron chi connectivity index (χ1n) is 7.09. The van der Waals surface area contributed by atoms with Crippen LogP contribution in [0.1, 0.15) is 11.6 Å². The Morgan fingerprint density at radius 1 is 1.25 bits per heavy atom. The molecule has 1 heterocycles. The molecule has 0 saturated heterocycles. The highest BCUT2D eigenvalue weighted by Gasteiger charge is 2.26. The van der Waals surface area contributed by atoms with Crippen LogP contribution in [0.5, 0.6) is 0 Å². The number of nitrogens with zero attached hydrogens (tertiary/aromatic N) is 2. The number of rotatable bonds is 7. The molecule has 0 aliphatic carbocycles. The monoisotopic (exact) mass is 332 g/mol. The summed E-state index contributed by atoms with van der Waals surface area (Å²) in [5.41, 5.74) is -0.608. The molecule has 1 aromatic heterocycles. The molecule has 0 N–H and O–H groups in total. The van der Waals surface area contributed by atoms with Gasteiger partial charge >= 0.3 is 17.2 Å². The van der Waals surface area contributed by atoms with E-state index in [2.05, 4.69) is 4.74 Å². The number of esters is 1. The van der Waals surface area contributed by atoms with Crippen molar-refractivity contribution in [3.63, 3.8) is 0 Å². The summed E-state index contributed by atoms with van der Waals surface area (Å²) in [5, 5.41) is 10.9. The molecule has 0 spiro atoms. The Bertz CT molecular complexity index is 772. The molecule has 0 aliphatic heterocycles. The molecular weight excluding hydrogens is 316 g/mol. The summed E-state index contributed by atoms with van der Waals surface area (Å²) < 4.78 is 11.1. The predicted molar refractivity (Wildman–Crippen MR) is 84.5 cm³/mol. The lowest BCUT2D eigenvalue weighted by atomic mass is 10.2. The summed E-state index contributed by atoms with van der Waals surface area (Å²) >= 11 is 0. The molecule has 1 aromatic carbocycles. The zero-order valence-electron chi connectivity index (χ0n) is 13.0. The van der Waals surface area contributed by atoms with E-state index in [9.17, 15) is 19.7 Å². The van der Waals surface area contributed by atoms with Crippen LogP contribution in [-0.2, 0) is 20.9 Å². The lowest BCUT2D eigenvalue weighted by molar-refractivity contribution is -0.386. The van der Waals surface area contributed by atoms with Gasteiger partial charge in [0.2, 0.25) is 0 Å². The van der Waals surface area contributed by atoms with Gasteiger partial charge < -0.3 is 9.47 Å². The summed E-state index contributed by atoms with van der Waals surface area (Å²) in [5.74, 6) is -0.717. The molecule has 0 saturated carbocycles. The topological polar surface area (TPSA) is 101 Å². The van der Waals surface area contributed by atoms with Gasteiger partial charge in [-0.3, -0.25) is 19.5 Å². The standard InChI is InChI=1S/C16H16N2O6/c1-23-16(20)14(11-24-10-12-6-3-2-4-7-12)17-9-5-8-13(15(17)19)18(21)22/h2-9,14H,10-11H2,1H3. The van der Waals surface area contributed by atoms with Crippen molar-refractivity contribution in [3.05, 3.63) is 74.7 Å². The number of hydrogen-bond acceptors (Lipinski definition) is 6. The first-order chi connectivity index (χ1) is 11.5. The molecule has 8 nitrogen and oxygen atoms in total. The SMILES string of the molecule is COC(=O)C(COCc1ccccc1)n1cccc([N+](=O)[O-])c1=O. The molecule has 1 unspecified atom stereocenters. The van der Waals surface area contributed by atoms with Crippen molar-refractivity contribution in [1.82, 2.24) is 4.57 Å². The minimum absolute atomic E-state index is 0.150. The summed E-state index contributed by atoms with van der Waals surface area (Å²) in [4.78, 5) is 34.2. The first-order valence-corrected chi connectivity index (χ1v) is 7.09. The van der Waals surface area contributed by atoms with Gasteiger partial charge in [-0.25, -0.2) is 4.79 Å². The average Bonchev–Trinajstić information content (AvgIpc) is 2.59. The largest absolute Gasteiger partial charge is 0.467 e. The van der Waals surface area contributed by atoms with E-state index in [0.29, 0.717) is 0 Å². The first kappa shape index (κ1) is 17.4. The van der Waals surface area contributed by atoms with Crippen molar-refractivity contribution in [2.24, 2.45) is 0 Å². The van der Waals surface area contributed by atoms with E-state index < -0.39 is 28.2 Å². The number of carbonyl (C=O) groups excluding carboxylic acids is 1. The van der Waals surface area contributed by atoms with Gasteiger partial charge in [-0.2, -0.15) is 0 Å². The van der Waals surface area contributed by atoms with Crippen LogP contribution in [0.25, 0.3) is 0 Å². The molecule has 0 aliphatic rings. The Balaban J connectivity index is 2.20. The van der Waals surface area contributed by atoms with E-state index in [4.69, 9.17) is 4.74 Å². The van der Waals surface area contributed by atoms with Crippen LogP contribution < -0.4 is 5.56 Å². The fraction of sp³-hybridized carbons (Fsp3) is 0.250. The van der Waals surface area contributed by atoms with Crippen molar-refractivity contribution >= 4 is 11.7 Å². The number of benzene rings is 1. The Labute approximate surface area is 137 Å². The third kappa shape index (κ3) is 4.05. The van der Waals surface area contributed by atoms with E-state index >= 15 is 0 Å². The highest BCUT2D eigenvalue weighted by Crippen LogP contribution is 2.12. The second-order valence-electron chi connectivity index (χ2n) is 4.90. The minimum Gasteiger partial charge on any atom is -0.467 e. The molecule has 0 bridgehead atoms. The number of pyridine rings is 1. The van der Waals surface area contributed by atoms with Gasteiger partial charge in [0, 0.05) is 12.3 Å². The van der Waals surface area contributed by atoms with Crippen molar-refractivity contribution in [3.8, 4) is 0 Å². The highest BCUT2D eigenvalue weighted by molar-refractivity contribution is 5.74.